The zero-order chi connectivity index (χ0) is 12.1. The Morgan fingerprint density at radius 3 is 2.56 bits per heavy atom. The third-order valence-electron chi connectivity index (χ3n) is 2.06. The van der Waals surface area contributed by atoms with Gasteiger partial charge in [-0.25, -0.2) is 4.79 Å². The van der Waals surface area contributed by atoms with Crippen molar-refractivity contribution in [3.05, 3.63) is 34.9 Å². The molecule has 1 atom stereocenters. The maximum atomic E-state index is 10.9. The molecule has 1 amide bonds. The van der Waals surface area contributed by atoms with Crippen molar-refractivity contribution in [2.75, 3.05) is 0 Å². The second-order valence-electron chi connectivity index (χ2n) is 3.39. The molecular weight excluding hydrogens is 230 g/mol. The van der Waals surface area contributed by atoms with E-state index in [4.69, 9.17) is 16.7 Å². The molecule has 0 bridgehead atoms. The third kappa shape index (κ3) is 3.55. The highest BCUT2D eigenvalue weighted by Crippen LogP contribution is 2.16. The van der Waals surface area contributed by atoms with Crippen LogP contribution in [0.15, 0.2) is 24.3 Å². The van der Waals surface area contributed by atoms with Crippen LogP contribution >= 0.6 is 11.6 Å². The normalized spacial score (nSPS) is 11.9. The van der Waals surface area contributed by atoms with E-state index in [1.807, 2.05) is 0 Å². The van der Waals surface area contributed by atoms with Gasteiger partial charge in [-0.3, -0.25) is 4.79 Å². The summed E-state index contributed by atoms with van der Waals surface area (Å²) in [6, 6.07) is 6.01. The van der Waals surface area contributed by atoms with Crippen molar-refractivity contribution < 1.29 is 14.7 Å². The summed E-state index contributed by atoms with van der Waals surface area (Å²) in [5.41, 5.74) is 0.699. The molecule has 0 aromatic heterocycles. The number of nitrogens with one attached hydrogen (secondary N) is 1. The van der Waals surface area contributed by atoms with Gasteiger partial charge in [-0.15, -0.1) is 0 Å². The molecule has 86 valence electrons. The van der Waals surface area contributed by atoms with Crippen molar-refractivity contribution in [2.24, 2.45) is 0 Å². The smallest absolute Gasteiger partial charge is 0.326 e. The van der Waals surface area contributed by atoms with E-state index in [2.05, 4.69) is 5.32 Å². The lowest BCUT2D eigenvalue weighted by atomic mass is 10.1. The zero-order valence-corrected chi connectivity index (χ0v) is 9.49. The number of amides is 1. The number of carbonyl (C=O) groups is 2. The van der Waals surface area contributed by atoms with Crippen molar-refractivity contribution in [3.63, 3.8) is 0 Å². The molecule has 0 unspecified atom stereocenters. The van der Waals surface area contributed by atoms with Crippen molar-refractivity contribution in [3.8, 4) is 0 Å². The number of hydrogen-bond acceptors (Lipinski definition) is 2. The van der Waals surface area contributed by atoms with Crippen molar-refractivity contribution in [1.82, 2.24) is 5.32 Å². The number of halogens is 1. The van der Waals surface area contributed by atoms with Gasteiger partial charge >= 0.3 is 5.97 Å². The molecule has 1 aromatic rings. The van der Waals surface area contributed by atoms with Crippen molar-refractivity contribution in [2.45, 2.75) is 19.4 Å². The zero-order valence-electron chi connectivity index (χ0n) is 8.74. The van der Waals surface area contributed by atoms with E-state index in [0.29, 0.717) is 10.6 Å². The molecule has 0 aliphatic rings. The molecule has 0 aliphatic carbocycles. The minimum Gasteiger partial charge on any atom is -0.480 e. The van der Waals surface area contributed by atoms with Crippen molar-refractivity contribution in [1.29, 1.82) is 0 Å². The fourth-order valence-electron chi connectivity index (χ4n) is 1.33. The van der Waals surface area contributed by atoms with Gasteiger partial charge in [-0.05, 0) is 11.6 Å². The molecule has 0 fully saturated rings. The summed E-state index contributed by atoms with van der Waals surface area (Å²) in [5.74, 6) is -1.45. The summed E-state index contributed by atoms with van der Waals surface area (Å²) >= 11 is 5.90. The molecule has 0 spiro atoms. The Hall–Kier alpha value is -1.55. The standard InChI is InChI=1S/C11H12ClNO3/c1-7(14)13-10(11(15)16)6-8-4-2-3-5-9(8)12/h2-5,10H,6H2,1H3,(H,13,14)(H,15,16)/t10-/m1/s1. The van der Waals surface area contributed by atoms with Gasteiger partial charge in [-0.2, -0.15) is 0 Å². The first kappa shape index (κ1) is 12.5. The molecule has 0 saturated carbocycles. The molecular formula is C11H12ClNO3. The SMILES string of the molecule is CC(=O)N[C@H](Cc1ccccc1Cl)C(=O)O. The first-order valence-electron chi connectivity index (χ1n) is 4.74. The molecule has 1 rings (SSSR count). The van der Waals surface area contributed by atoms with E-state index in [1.54, 1.807) is 24.3 Å². The maximum absolute atomic E-state index is 10.9. The lowest BCUT2D eigenvalue weighted by Gasteiger charge is -2.13. The van der Waals surface area contributed by atoms with Crippen LogP contribution in [0.25, 0.3) is 0 Å². The fourth-order valence-corrected chi connectivity index (χ4v) is 1.54. The van der Waals surface area contributed by atoms with E-state index >= 15 is 0 Å². The second-order valence-corrected chi connectivity index (χ2v) is 3.79. The summed E-state index contributed by atoms with van der Waals surface area (Å²) in [6.07, 6.45) is 0.175. The minimum atomic E-state index is -1.07. The Morgan fingerprint density at radius 2 is 2.06 bits per heavy atom. The van der Waals surface area contributed by atoms with E-state index in [0.717, 1.165) is 0 Å². The molecule has 16 heavy (non-hydrogen) atoms. The van der Waals surface area contributed by atoms with Crippen LogP contribution in [0.2, 0.25) is 5.02 Å². The van der Waals surface area contributed by atoms with E-state index in [9.17, 15) is 9.59 Å². The van der Waals surface area contributed by atoms with Crippen LogP contribution in [-0.4, -0.2) is 23.0 Å². The molecule has 1 aromatic carbocycles. The van der Waals surface area contributed by atoms with Gasteiger partial charge in [0.25, 0.3) is 0 Å². The Balaban J connectivity index is 2.80. The Bertz CT molecular complexity index is 406. The third-order valence-corrected chi connectivity index (χ3v) is 2.43. The highest BCUT2D eigenvalue weighted by Gasteiger charge is 2.19. The fraction of sp³-hybridized carbons (Fsp3) is 0.273. The minimum absolute atomic E-state index is 0.175. The van der Waals surface area contributed by atoms with Crippen LogP contribution in [0.1, 0.15) is 12.5 Å². The van der Waals surface area contributed by atoms with Gasteiger partial charge in [0.2, 0.25) is 5.91 Å². The topological polar surface area (TPSA) is 66.4 Å². The monoisotopic (exact) mass is 241 g/mol. The largest absolute Gasteiger partial charge is 0.480 e. The van der Waals surface area contributed by atoms with Gasteiger partial charge in [0.15, 0.2) is 0 Å². The number of carbonyl (C=O) groups excluding carboxylic acids is 1. The summed E-state index contributed by atoms with van der Waals surface area (Å²) < 4.78 is 0. The molecule has 2 N–H and O–H groups in total. The van der Waals surface area contributed by atoms with E-state index < -0.39 is 12.0 Å². The van der Waals surface area contributed by atoms with Crippen molar-refractivity contribution >= 4 is 23.5 Å². The van der Waals surface area contributed by atoms with Crippen LogP contribution in [0.5, 0.6) is 0 Å². The molecule has 4 nitrogen and oxygen atoms in total. The first-order chi connectivity index (χ1) is 7.50. The second kappa shape index (κ2) is 5.51. The van der Waals surface area contributed by atoms with Crippen LogP contribution in [0.4, 0.5) is 0 Å². The summed E-state index contributed by atoms with van der Waals surface area (Å²) in [4.78, 5) is 21.7. The number of rotatable bonds is 4. The summed E-state index contributed by atoms with van der Waals surface area (Å²) in [6.45, 7) is 1.28. The molecule has 5 heteroatoms. The number of hydrogen-bond donors (Lipinski definition) is 2. The van der Waals surface area contributed by atoms with Gasteiger partial charge in [0.05, 0.1) is 0 Å². The van der Waals surface area contributed by atoms with Crippen LogP contribution in [-0.2, 0) is 16.0 Å². The number of aliphatic carboxylic acids is 1. The average Bonchev–Trinajstić information content (AvgIpc) is 2.19. The average molecular weight is 242 g/mol. The predicted octanol–water partition coefficient (Wildman–Crippen LogP) is 1.47. The maximum Gasteiger partial charge on any atom is 0.326 e. The lowest BCUT2D eigenvalue weighted by Crippen LogP contribution is -2.41. The first-order valence-corrected chi connectivity index (χ1v) is 5.12. The summed E-state index contributed by atoms with van der Waals surface area (Å²) in [5, 5.41) is 11.8. The van der Waals surface area contributed by atoms with E-state index in [1.165, 1.54) is 6.92 Å². The highest BCUT2D eigenvalue weighted by atomic mass is 35.5. The van der Waals surface area contributed by atoms with Crippen LogP contribution < -0.4 is 5.32 Å². The predicted molar refractivity (Wildman–Crippen MR) is 60.4 cm³/mol. The van der Waals surface area contributed by atoms with Crippen LogP contribution in [0.3, 0.4) is 0 Å². The number of carboxylic acids is 1. The summed E-state index contributed by atoms with van der Waals surface area (Å²) in [7, 11) is 0. The molecule has 0 saturated heterocycles. The van der Waals surface area contributed by atoms with Gasteiger partial charge < -0.3 is 10.4 Å². The lowest BCUT2D eigenvalue weighted by molar-refractivity contribution is -0.141. The number of benzene rings is 1. The van der Waals surface area contributed by atoms with Gasteiger partial charge in [0, 0.05) is 18.4 Å². The van der Waals surface area contributed by atoms with Gasteiger partial charge in [0.1, 0.15) is 6.04 Å². The Labute approximate surface area is 98.2 Å². The quantitative estimate of drug-likeness (QED) is 0.839. The van der Waals surface area contributed by atoms with Gasteiger partial charge in [-0.1, -0.05) is 29.8 Å². The molecule has 0 heterocycles. The Morgan fingerprint density at radius 1 is 1.44 bits per heavy atom. The van der Waals surface area contributed by atoms with Crippen LogP contribution in [0, 0.1) is 0 Å². The molecule has 0 radical (unpaired) electrons. The highest BCUT2D eigenvalue weighted by molar-refractivity contribution is 6.31. The van der Waals surface area contributed by atoms with E-state index in [-0.39, 0.29) is 12.3 Å². The number of carboxylic acid groups (broad SMARTS) is 1. The molecule has 0 aliphatic heterocycles. The Kier molecular flexibility index (Phi) is 4.31.